The van der Waals surface area contributed by atoms with Gasteiger partial charge < -0.3 is 4.98 Å². The van der Waals surface area contributed by atoms with Gasteiger partial charge in [0.2, 0.25) is 0 Å². The summed E-state index contributed by atoms with van der Waals surface area (Å²) in [4.78, 5) is 8.30. The predicted molar refractivity (Wildman–Crippen MR) is 76.0 cm³/mol. The smallest absolute Gasteiger partial charge is 0.156 e. The van der Waals surface area contributed by atoms with Crippen molar-refractivity contribution in [3.63, 3.8) is 0 Å². The quantitative estimate of drug-likeness (QED) is 0.920. The van der Waals surface area contributed by atoms with Gasteiger partial charge in [0.05, 0.1) is 11.4 Å². The molecule has 1 aliphatic rings. The molecule has 102 valence electrons. The van der Waals surface area contributed by atoms with E-state index in [1.54, 1.807) is 0 Å². The molecular weight excluding hydrogens is 236 g/mol. The first-order chi connectivity index (χ1) is 9.21. The van der Waals surface area contributed by atoms with Crippen molar-refractivity contribution < 1.29 is 0 Å². The third-order valence-electron chi connectivity index (χ3n) is 4.26. The van der Waals surface area contributed by atoms with E-state index in [0.29, 0.717) is 0 Å². The van der Waals surface area contributed by atoms with Crippen molar-refractivity contribution in [1.29, 1.82) is 0 Å². The monoisotopic (exact) mass is 258 g/mol. The van der Waals surface area contributed by atoms with Crippen LogP contribution in [0.2, 0.25) is 0 Å². The molecular formula is C15H22N4. The van der Waals surface area contributed by atoms with Crippen molar-refractivity contribution in [3.05, 3.63) is 23.1 Å². The molecule has 19 heavy (non-hydrogen) atoms. The fraction of sp³-hybridized carbons (Fsp3) is 0.600. The standard InChI is InChI=1S/C15H22N4/c1-4-10-6-7-12-13(8-10)17-15(16-12)14-9-11(5-2)18-19(14)3/h9-10H,4-8H2,1-3H3,(H,16,17). The Hall–Kier alpha value is -1.58. The number of hydrogen-bond acceptors (Lipinski definition) is 2. The van der Waals surface area contributed by atoms with Gasteiger partial charge in [0.15, 0.2) is 5.82 Å². The van der Waals surface area contributed by atoms with Crippen LogP contribution < -0.4 is 0 Å². The van der Waals surface area contributed by atoms with E-state index in [-0.39, 0.29) is 0 Å². The summed E-state index contributed by atoms with van der Waals surface area (Å²) >= 11 is 0. The molecule has 2 aromatic heterocycles. The molecule has 0 fully saturated rings. The fourth-order valence-corrected chi connectivity index (χ4v) is 2.94. The third kappa shape index (κ3) is 2.20. The van der Waals surface area contributed by atoms with Gasteiger partial charge in [0.25, 0.3) is 0 Å². The van der Waals surface area contributed by atoms with Crippen LogP contribution in [0.4, 0.5) is 0 Å². The number of hydrogen-bond donors (Lipinski definition) is 1. The summed E-state index contributed by atoms with van der Waals surface area (Å²) in [6.45, 7) is 4.41. The highest BCUT2D eigenvalue weighted by molar-refractivity contribution is 5.52. The van der Waals surface area contributed by atoms with Crippen LogP contribution in [0.1, 0.15) is 43.8 Å². The van der Waals surface area contributed by atoms with E-state index in [9.17, 15) is 0 Å². The van der Waals surface area contributed by atoms with Crippen LogP contribution in [0.5, 0.6) is 0 Å². The third-order valence-corrected chi connectivity index (χ3v) is 4.26. The zero-order valence-corrected chi connectivity index (χ0v) is 12.0. The minimum absolute atomic E-state index is 0.818. The Kier molecular flexibility index (Phi) is 3.17. The van der Waals surface area contributed by atoms with Crippen LogP contribution in [0, 0.1) is 5.92 Å². The van der Waals surface area contributed by atoms with Gasteiger partial charge in [-0.1, -0.05) is 20.3 Å². The second-order valence-electron chi connectivity index (χ2n) is 5.53. The molecule has 0 spiro atoms. The molecule has 0 aromatic carbocycles. The molecule has 4 nitrogen and oxygen atoms in total. The summed E-state index contributed by atoms with van der Waals surface area (Å²) in [7, 11) is 1.99. The second kappa shape index (κ2) is 4.83. The van der Waals surface area contributed by atoms with E-state index in [0.717, 1.165) is 42.4 Å². The van der Waals surface area contributed by atoms with Gasteiger partial charge in [0.1, 0.15) is 5.69 Å². The molecule has 0 bridgehead atoms. The summed E-state index contributed by atoms with van der Waals surface area (Å²) in [6.07, 6.45) is 5.77. The SMILES string of the molecule is CCc1cc(-c2nc3c([nH]2)CC(CC)CC3)n(C)n1. The first-order valence-electron chi connectivity index (χ1n) is 7.32. The van der Waals surface area contributed by atoms with Gasteiger partial charge in [-0.25, -0.2) is 4.98 Å². The van der Waals surface area contributed by atoms with E-state index in [1.807, 2.05) is 11.7 Å². The average molecular weight is 258 g/mol. The van der Waals surface area contributed by atoms with Crippen molar-refractivity contribution in [1.82, 2.24) is 19.7 Å². The Morgan fingerprint density at radius 1 is 1.42 bits per heavy atom. The molecule has 2 heterocycles. The maximum absolute atomic E-state index is 4.78. The molecule has 3 rings (SSSR count). The Labute approximate surface area is 114 Å². The number of aryl methyl sites for hydroxylation is 3. The largest absolute Gasteiger partial charge is 0.340 e. The number of H-pyrrole nitrogens is 1. The number of aromatic amines is 1. The van der Waals surface area contributed by atoms with Crippen molar-refractivity contribution in [2.45, 2.75) is 46.0 Å². The first kappa shape index (κ1) is 12.5. The summed E-state index contributed by atoms with van der Waals surface area (Å²) < 4.78 is 1.93. The maximum Gasteiger partial charge on any atom is 0.156 e. The minimum Gasteiger partial charge on any atom is -0.340 e. The molecule has 1 atom stereocenters. The summed E-state index contributed by atoms with van der Waals surface area (Å²) in [5.41, 5.74) is 4.82. The number of nitrogens with one attached hydrogen (secondary N) is 1. The van der Waals surface area contributed by atoms with Gasteiger partial charge in [-0.3, -0.25) is 4.68 Å². The van der Waals surface area contributed by atoms with Gasteiger partial charge in [-0.15, -0.1) is 0 Å². The van der Waals surface area contributed by atoms with Crippen LogP contribution in [0.25, 0.3) is 11.5 Å². The molecule has 1 N–H and O–H groups in total. The molecule has 0 aliphatic heterocycles. The Morgan fingerprint density at radius 3 is 2.95 bits per heavy atom. The highest BCUT2D eigenvalue weighted by atomic mass is 15.3. The minimum atomic E-state index is 0.818. The Balaban J connectivity index is 1.94. The Morgan fingerprint density at radius 2 is 2.26 bits per heavy atom. The highest BCUT2D eigenvalue weighted by Gasteiger charge is 2.22. The summed E-state index contributed by atoms with van der Waals surface area (Å²) in [5.74, 6) is 1.80. The number of fused-ring (bicyclic) bond motifs is 1. The molecule has 4 heteroatoms. The van der Waals surface area contributed by atoms with E-state index >= 15 is 0 Å². The van der Waals surface area contributed by atoms with Crippen LogP contribution in [-0.4, -0.2) is 19.7 Å². The van der Waals surface area contributed by atoms with Gasteiger partial charge in [-0.05, 0) is 37.7 Å². The first-order valence-corrected chi connectivity index (χ1v) is 7.32. The number of nitrogens with zero attached hydrogens (tertiary/aromatic N) is 3. The van der Waals surface area contributed by atoms with Crippen LogP contribution >= 0.6 is 0 Å². The fourth-order valence-electron chi connectivity index (χ4n) is 2.94. The zero-order chi connectivity index (χ0) is 13.4. The van der Waals surface area contributed by atoms with E-state index in [1.165, 1.54) is 24.2 Å². The number of aromatic nitrogens is 4. The van der Waals surface area contributed by atoms with Gasteiger partial charge >= 0.3 is 0 Å². The normalized spacial score (nSPS) is 18.6. The molecule has 0 saturated carbocycles. The lowest BCUT2D eigenvalue weighted by atomic mass is 9.88. The van der Waals surface area contributed by atoms with E-state index < -0.39 is 0 Å². The second-order valence-corrected chi connectivity index (χ2v) is 5.53. The Bertz CT molecular complexity index is 579. The molecule has 2 aromatic rings. The summed E-state index contributed by atoms with van der Waals surface area (Å²) in [6, 6.07) is 2.14. The topological polar surface area (TPSA) is 46.5 Å². The van der Waals surface area contributed by atoms with Crippen LogP contribution in [-0.2, 0) is 26.3 Å². The van der Waals surface area contributed by atoms with Crippen molar-refractivity contribution in [2.75, 3.05) is 0 Å². The van der Waals surface area contributed by atoms with Gasteiger partial charge in [0, 0.05) is 12.7 Å². The van der Waals surface area contributed by atoms with Crippen LogP contribution in [0.3, 0.4) is 0 Å². The summed E-state index contributed by atoms with van der Waals surface area (Å²) in [5, 5.41) is 4.50. The predicted octanol–water partition coefficient (Wildman–Crippen LogP) is 2.89. The lowest BCUT2D eigenvalue weighted by Gasteiger charge is -2.18. The molecule has 0 radical (unpaired) electrons. The average Bonchev–Trinajstić information content (AvgIpc) is 3.00. The van der Waals surface area contributed by atoms with Gasteiger partial charge in [-0.2, -0.15) is 5.10 Å². The van der Waals surface area contributed by atoms with E-state index in [4.69, 9.17) is 4.98 Å². The zero-order valence-electron chi connectivity index (χ0n) is 12.0. The van der Waals surface area contributed by atoms with Crippen molar-refractivity contribution in [2.24, 2.45) is 13.0 Å². The molecule has 1 aliphatic carbocycles. The van der Waals surface area contributed by atoms with Crippen molar-refractivity contribution in [3.8, 4) is 11.5 Å². The van der Waals surface area contributed by atoms with E-state index in [2.05, 4.69) is 30.0 Å². The molecule has 0 saturated heterocycles. The lowest BCUT2D eigenvalue weighted by Crippen LogP contribution is -2.12. The highest BCUT2D eigenvalue weighted by Crippen LogP contribution is 2.28. The number of imidazole rings is 1. The molecule has 0 amide bonds. The van der Waals surface area contributed by atoms with Crippen LogP contribution in [0.15, 0.2) is 6.07 Å². The lowest BCUT2D eigenvalue weighted by molar-refractivity contribution is 0.438. The van der Waals surface area contributed by atoms with Crippen molar-refractivity contribution >= 4 is 0 Å². The molecule has 1 unspecified atom stereocenters. The number of rotatable bonds is 3. The maximum atomic E-state index is 4.78.